The van der Waals surface area contributed by atoms with Gasteiger partial charge in [-0.1, -0.05) is 54.9 Å². The molecule has 36 heavy (non-hydrogen) atoms. The van der Waals surface area contributed by atoms with E-state index in [1.807, 2.05) is 68.4 Å². The zero-order valence-electron chi connectivity index (χ0n) is 21.8. The van der Waals surface area contributed by atoms with Crippen molar-refractivity contribution in [2.75, 3.05) is 44.4 Å². The van der Waals surface area contributed by atoms with Gasteiger partial charge in [0.15, 0.2) is 0 Å². The van der Waals surface area contributed by atoms with Crippen molar-refractivity contribution in [3.63, 3.8) is 0 Å². The minimum atomic E-state index is -0.336. The van der Waals surface area contributed by atoms with Gasteiger partial charge in [-0.15, -0.1) is 0 Å². The molecule has 3 aromatic rings. The highest BCUT2D eigenvalue weighted by Crippen LogP contribution is 2.27. The van der Waals surface area contributed by atoms with Gasteiger partial charge in [0.2, 0.25) is 5.91 Å². The summed E-state index contributed by atoms with van der Waals surface area (Å²) in [5.74, 6) is 0.273. The van der Waals surface area contributed by atoms with Gasteiger partial charge >= 0.3 is 6.03 Å². The van der Waals surface area contributed by atoms with E-state index in [9.17, 15) is 9.59 Å². The van der Waals surface area contributed by atoms with E-state index in [1.54, 1.807) is 16.8 Å². The molecular formula is C27H35BrN6O2. The Bertz CT molecular complexity index is 1200. The molecule has 9 heteroatoms. The molecule has 0 aliphatic heterocycles. The number of para-hydroxylation sites is 1. The van der Waals surface area contributed by atoms with E-state index >= 15 is 0 Å². The molecule has 0 fully saturated rings. The van der Waals surface area contributed by atoms with Gasteiger partial charge in [-0.25, -0.2) is 9.48 Å². The fourth-order valence-corrected chi connectivity index (χ4v) is 3.75. The van der Waals surface area contributed by atoms with Crippen molar-refractivity contribution >= 4 is 39.4 Å². The van der Waals surface area contributed by atoms with Gasteiger partial charge in [-0.3, -0.25) is 4.79 Å². The molecule has 0 aliphatic rings. The Kier molecular flexibility index (Phi) is 8.92. The molecule has 0 bridgehead atoms. The minimum Gasteiger partial charge on any atom is -0.314 e. The highest BCUT2D eigenvalue weighted by atomic mass is 79.9. The highest BCUT2D eigenvalue weighted by molar-refractivity contribution is 9.10. The molecule has 1 heterocycles. The van der Waals surface area contributed by atoms with Gasteiger partial charge in [0.1, 0.15) is 12.4 Å². The SMILES string of the molecule is Cc1ccccc1-n1nc(C(C)(C)C)cc1NC(=O)CN(CCN(C)C)C(=O)Nc1ccc(Br)cc1. The van der Waals surface area contributed by atoms with Crippen molar-refractivity contribution in [1.29, 1.82) is 0 Å². The van der Waals surface area contributed by atoms with Crippen LogP contribution in [0, 0.1) is 6.92 Å². The number of hydrogen-bond donors (Lipinski definition) is 2. The van der Waals surface area contributed by atoms with Crippen molar-refractivity contribution in [2.24, 2.45) is 0 Å². The first-order chi connectivity index (χ1) is 16.9. The molecule has 0 saturated carbocycles. The lowest BCUT2D eigenvalue weighted by Gasteiger charge is -2.24. The second kappa shape index (κ2) is 11.7. The first-order valence-corrected chi connectivity index (χ1v) is 12.7. The van der Waals surface area contributed by atoms with E-state index in [0.717, 1.165) is 21.4 Å². The summed E-state index contributed by atoms with van der Waals surface area (Å²) < 4.78 is 2.68. The number of urea groups is 1. The number of amides is 3. The minimum absolute atomic E-state index is 0.0972. The van der Waals surface area contributed by atoms with Crippen LogP contribution in [0.1, 0.15) is 32.0 Å². The number of benzene rings is 2. The standard InChI is InChI=1S/C27H35BrN6O2/c1-19-9-7-8-10-22(19)34-24(17-23(31-34)27(2,3)4)30-25(35)18-33(16-15-32(5)6)26(36)29-21-13-11-20(28)12-14-21/h7-14,17H,15-16,18H2,1-6H3,(H,29,36)(H,30,35). The van der Waals surface area contributed by atoms with Crippen LogP contribution >= 0.6 is 15.9 Å². The number of aromatic nitrogens is 2. The third-order valence-electron chi connectivity index (χ3n) is 5.62. The Morgan fingerprint density at radius 1 is 1.00 bits per heavy atom. The first-order valence-electron chi connectivity index (χ1n) is 11.9. The third kappa shape index (κ3) is 7.41. The normalized spacial score (nSPS) is 11.4. The summed E-state index contributed by atoms with van der Waals surface area (Å²) in [5, 5.41) is 10.7. The molecule has 0 spiro atoms. The van der Waals surface area contributed by atoms with Gasteiger partial charge < -0.3 is 20.4 Å². The first kappa shape index (κ1) is 27.4. The summed E-state index contributed by atoms with van der Waals surface area (Å²) in [6.45, 7) is 9.17. The molecule has 0 aliphatic carbocycles. The van der Waals surface area contributed by atoms with Crippen LogP contribution < -0.4 is 10.6 Å². The van der Waals surface area contributed by atoms with E-state index in [-0.39, 0.29) is 23.9 Å². The van der Waals surface area contributed by atoms with E-state index < -0.39 is 0 Å². The highest BCUT2D eigenvalue weighted by Gasteiger charge is 2.23. The van der Waals surface area contributed by atoms with Gasteiger partial charge in [-0.05, 0) is 56.9 Å². The van der Waals surface area contributed by atoms with Crippen LogP contribution in [-0.4, -0.2) is 65.2 Å². The lowest BCUT2D eigenvalue weighted by molar-refractivity contribution is -0.116. The summed E-state index contributed by atoms with van der Waals surface area (Å²) >= 11 is 3.40. The van der Waals surface area contributed by atoms with Crippen LogP contribution in [0.15, 0.2) is 59.1 Å². The second-order valence-corrected chi connectivity index (χ2v) is 11.0. The number of likely N-dealkylation sites (N-methyl/N-ethyl adjacent to an activating group) is 1. The number of carbonyl (C=O) groups is 2. The number of halogens is 1. The summed E-state index contributed by atoms with van der Waals surface area (Å²) in [6.07, 6.45) is 0. The summed E-state index contributed by atoms with van der Waals surface area (Å²) in [5.41, 5.74) is 3.25. The Hall–Kier alpha value is -3.17. The maximum absolute atomic E-state index is 13.2. The maximum atomic E-state index is 13.2. The number of hydrogen-bond acceptors (Lipinski definition) is 4. The molecule has 0 saturated heterocycles. The lowest BCUT2D eigenvalue weighted by Crippen LogP contribution is -2.43. The number of anilines is 2. The molecule has 3 amide bonds. The Morgan fingerprint density at radius 3 is 2.28 bits per heavy atom. The van der Waals surface area contributed by atoms with Gasteiger partial charge in [-0.2, -0.15) is 5.10 Å². The molecule has 2 aromatic carbocycles. The van der Waals surface area contributed by atoms with Crippen LogP contribution in [0.4, 0.5) is 16.3 Å². The number of nitrogens with one attached hydrogen (secondary N) is 2. The quantitative estimate of drug-likeness (QED) is 0.397. The van der Waals surface area contributed by atoms with E-state index in [0.29, 0.717) is 24.6 Å². The van der Waals surface area contributed by atoms with Crippen LogP contribution in [0.5, 0.6) is 0 Å². The van der Waals surface area contributed by atoms with Crippen LogP contribution in [0.25, 0.3) is 5.69 Å². The zero-order chi connectivity index (χ0) is 26.5. The lowest BCUT2D eigenvalue weighted by atomic mass is 9.92. The molecule has 3 rings (SSSR count). The number of aryl methyl sites for hydroxylation is 1. The molecule has 0 radical (unpaired) electrons. The smallest absolute Gasteiger partial charge is 0.314 e. The Labute approximate surface area is 221 Å². The van der Waals surface area contributed by atoms with Crippen LogP contribution in [0.2, 0.25) is 0 Å². The van der Waals surface area contributed by atoms with Crippen molar-refractivity contribution < 1.29 is 9.59 Å². The van der Waals surface area contributed by atoms with Crippen molar-refractivity contribution in [3.8, 4) is 5.69 Å². The van der Waals surface area contributed by atoms with Gasteiger partial charge in [0.25, 0.3) is 0 Å². The summed E-state index contributed by atoms with van der Waals surface area (Å²) in [6, 6.07) is 16.8. The molecule has 8 nitrogen and oxygen atoms in total. The predicted octanol–water partition coefficient (Wildman–Crippen LogP) is 5.27. The average Bonchev–Trinajstić information content (AvgIpc) is 3.22. The molecular weight excluding hydrogens is 520 g/mol. The summed E-state index contributed by atoms with van der Waals surface area (Å²) in [7, 11) is 3.86. The van der Waals surface area contributed by atoms with Crippen LogP contribution in [0.3, 0.4) is 0 Å². The van der Waals surface area contributed by atoms with Crippen molar-refractivity contribution in [2.45, 2.75) is 33.1 Å². The zero-order valence-corrected chi connectivity index (χ0v) is 23.4. The third-order valence-corrected chi connectivity index (χ3v) is 6.15. The van der Waals surface area contributed by atoms with E-state index in [4.69, 9.17) is 5.10 Å². The monoisotopic (exact) mass is 554 g/mol. The Balaban J connectivity index is 1.82. The molecule has 0 unspecified atom stereocenters. The maximum Gasteiger partial charge on any atom is 0.322 e. The fourth-order valence-electron chi connectivity index (χ4n) is 3.49. The average molecular weight is 556 g/mol. The van der Waals surface area contributed by atoms with E-state index in [2.05, 4.69) is 47.3 Å². The van der Waals surface area contributed by atoms with Gasteiger partial charge in [0.05, 0.1) is 11.4 Å². The van der Waals surface area contributed by atoms with Crippen molar-refractivity contribution in [3.05, 3.63) is 70.3 Å². The predicted molar refractivity (Wildman–Crippen MR) is 149 cm³/mol. The molecule has 1 aromatic heterocycles. The van der Waals surface area contributed by atoms with Crippen LogP contribution in [-0.2, 0) is 10.2 Å². The largest absolute Gasteiger partial charge is 0.322 e. The fraction of sp³-hybridized carbons (Fsp3) is 0.370. The number of carbonyl (C=O) groups excluding carboxylic acids is 2. The Morgan fingerprint density at radius 2 is 1.67 bits per heavy atom. The number of rotatable bonds is 8. The van der Waals surface area contributed by atoms with Crippen molar-refractivity contribution in [1.82, 2.24) is 19.6 Å². The number of nitrogens with zero attached hydrogens (tertiary/aromatic N) is 4. The topological polar surface area (TPSA) is 82.5 Å². The second-order valence-electron chi connectivity index (χ2n) is 10.1. The molecule has 0 atom stereocenters. The van der Waals surface area contributed by atoms with Gasteiger partial charge in [0, 0.05) is 34.7 Å². The molecule has 2 N–H and O–H groups in total. The van der Waals surface area contributed by atoms with E-state index in [1.165, 1.54) is 4.90 Å². The summed E-state index contributed by atoms with van der Waals surface area (Å²) in [4.78, 5) is 29.7. The molecule has 192 valence electrons.